The van der Waals surface area contributed by atoms with Crippen molar-refractivity contribution in [1.29, 1.82) is 0 Å². The standard InChI is InChI=1S/C20H20F2N2O/c21-18-6-2-16(3-7-18)20(17-4-8-19(22)9-5-17)14-25-13-12-24-11-1-10-23-15-24/h1-11,20H,12-15H2. The number of hydrogen-bond donors (Lipinski definition) is 0. The summed E-state index contributed by atoms with van der Waals surface area (Å²) in [5.74, 6) is -0.629. The molecule has 0 bridgehead atoms. The smallest absolute Gasteiger partial charge is 0.123 e. The maximum absolute atomic E-state index is 13.2. The summed E-state index contributed by atoms with van der Waals surface area (Å²) in [6.45, 7) is 2.38. The molecular weight excluding hydrogens is 322 g/mol. The van der Waals surface area contributed by atoms with E-state index in [0.29, 0.717) is 19.9 Å². The highest BCUT2D eigenvalue weighted by Crippen LogP contribution is 2.25. The minimum atomic E-state index is -0.278. The number of nitrogens with zero attached hydrogens (tertiary/aromatic N) is 2. The molecule has 2 aromatic carbocycles. The molecule has 0 radical (unpaired) electrons. The van der Waals surface area contributed by atoms with E-state index >= 15 is 0 Å². The monoisotopic (exact) mass is 342 g/mol. The molecule has 3 nitrogen and oxygen atoms in total. The second-order valence-electron chi connectivity index (χ2n) is 5.86. The fraction of sp³-hybridized carbons (Fsp3) is 0.250. The summed E-state index contributed by atoms with van der Waals surface area (Å²) in [4.78, 5) is 6.23. The summed E-state index contributed by atoms with van der Waals surface area (Å²) >= 11 is 0. The lowest BCUT2D eigenvalue weighted by molar-refractivity contribution is 0.111. The third kappa shape index (κ3) is 4.97. The van der Waals surface area contributed by atoms with Crippen LogP contribution < -0.4 is 0 Å². The van der Waals surface area contributed by atoms with Crippen LogP contribution in [0.25, 0.3) is 0 Å². The molecule has 0 atom stereocenters. The molecule has 0 fully saturated rings. The Morgan fingerprint density at radius 1 is 0.960 bits per heavy atom. The maximum Gasteiger partial charge on any atom is 0.123 e. The molecule has 0 aliphatic carbocycles. The van der Waals surface area contributed by atoms with Crippen LogP contribution in [0.3, 0.4) is 0 Å². The van der Waals surface area contributed by atoms with Gasteiger partial charge in [-0.2, -0.15) is 0 Å². The van der Waals surface area contributed by atoms with Crippen molar-refractivity contribution in [3.63, 3.8) is 0 Å². The Hall–Kier alpha value is -2.53. The normalized spacial score (nSPS) is 13.6. The molecule has 130 valence electrons. The highest BCUT2D eigenvalue weighted by Gasteiger charge is 2.15. The van der Waals surface area contributed by atoms with Crippen molar-refractivity contribution in [2.24, 2.45) is 4.99 Å². The minimum Gasteiger partial charge on any atom is -0.379 e. The van der Waals surface area contributed by atoms with Gasteiger partial charge >= 0.3 is 0 Å². The Balaban J connectivity index is 1.64. The molecule has 1 aliphatic heterocycles. The van der Waals surface area contributed by atoms with Crippen molar-refractivity contribution in [2.45, 2.75) is 5.92 Å². The van der Waals surface area contributed by atoms with Crippen LogP contribution in [0.1, 0.15) is 17.0 Å². The third-order valence-electron chi connectivity index (χ3n) is 4.10. The summed E-state index contributed by atoms with van der Waals surface area (Å²) < 4.78 is 32.3. The van der Waals surface area contributed by atoms with Gasteiger partial charge in [0.15, 0.2) is 0 Å². The first kappa shape index (κ1) is 17.3. The van der Waals surface area contributed by atoms with Crippen molar-refractivity contribution in [2.75, 3.05) is 26.4 Å². The Bertz CT molecular complexity index is 681. The molecule has 0 spiro atoms. The Kier molecular flexibility index (Phi) is 5.90. The molecule has 3 rings (SSSR count). The Morgan fingerprint density at radius 2 is 1.56 bits per heavy atom. The van der Waals surface area contributed by atoms with Crippen LogP contribution in [0.2, 0.25) is 0 Å². The number of halogens is 2. The van der Waals surface area contributed by atoms with Gasteiger partial charge in [0.05, 0.1) is 13.2 Å². The molecule has 0 aromatic heterocycles. The van der Waals surface area contributed by atoms with Crippen LogP contribution in [0.15, 0.2) is 65.8 Å². The largest absolute Gasteiger partial charge is 0.379 e. The van der Waals surface area contributed by atoms with Crippen LogP contribution in [0, 0.1) is 11.6 Å². The topological polar surface area (TPSA) is 24.8 Å². The zero-order valence-electron chi connectivity index (χ0n) is 13.8. The fourth-order valence-corrected chi connectivity index (χ4v) is 2.72. The van der Waals surface area contributed by atoms with Gasteiger partial charge in [0, 0.05) is 24.9 Å². The average molecular weight is 342 g/mol. The van der Waals surface area contributed by atoms with Crippen LogP contribution in [0.4, 0.5) is 8.78 Å². The highest BCUT2D eigenvalue weighted by molar-refractivity contribution is 5.71. The zero-order chi connectivity index (χ0) is 17.5. The SMILES string of the molecule is Fc1ccc(C(COCCN2C=CC=NC2)c2ccc(F)cc2)cc1. The predicted octanol–water partition coefficient (Wildman–Crippen LogP) is 3.97. The number of allylic oxidation sites excluding steroid dienone is 1. The van der Waals surface area contributed by atoms with Gasteiger partial charge in [0.1, 0.15) is 18.3 Å². The van der Waals surface area contributed by atoms with Gasteiger partial charge in [0.25, 0.3) is 0 Å². The second-order valence-corrected chi connectivity index (χ2v) is 5.86. The Labute approximate surface area is 146 Å². The summed E-state index contributed by atoms with van der Waals surface area (Å²) in [6, 6.07) is 12.7. The van der Waals surface area contributed by atoms with Gasteiger partial charge in [-0.25, -0.2) is 8.78 Å². The highest BCUT2D eigenvalue weighted by atomic mass is 19.1. The van der Waals surface area contributed by atoms with E-state index in [4.69, 9.17) is 4.74 Å². The van der Waals surface area contributed by atoms with E-state index in [2.05, 4.69) is 9.89 Å². The van der Waals surface area contributed by atoms with E-state index in [1.165, 1.54) is 24.3 Å². The van der Waals surface area contributed by atoms with Gasteiger partial charge in [-0.3, -0.25) is 4.99 Å². The fourth-order valence-electron chi connectivity index (χ4n) is 2.72. The van der Waals surface area contributed by atoms with Gasteiger partial charge in [-0.15, -0.1) is 0 Å². The molecule has 1 heterocycles. The van der Waals surface area contributed by atoms with Crippen molar-refractivity contribution in [3.8, 4) is 0 Å². The third-order valence-corrected chi connectivity index (χ3v) is 4.10. The number of rotatable bonds is 7. The van der Waals surface area contributed by atoms with E-state index in [9.17, 15) is 8.78 Å². The quantitative estimate of drug-likeness (QED) is 0.711. The van der Waals surface area contributed by atoms with Crippen LogP contribution in [-0.4, -0.2) is 37.5 Å². The summed E-state index contributed by atoms with van der Waals surface area (Å²) in [5.41, 5.74) is 1.88. The van der Waals surface area contributed by atoms with Crippen molar-refractivity contribution in [1.82, 2.24) is 4.90 Å². The van der Waals surface area contributed by atoms with Gasteiger partial charge < -0.3 is 9.64 Å². The lowest BCUT2D eigenvalue weighted by atomic mass is 9.92. The number of benzene rings is 2. The van der Waals surface area contributed by atoms with E-state index in [1.807, 2.05) is 12.3 Å². The zero-order valence-corrected chi connectivity index (χ0v) is 13.8. The minimum absolute atomic E-state index is 0.0730. The molecule has 0 unspecified atom stereocenters. The first-order valence-corrected chi connectivity index (χ1v) is 8.22. The summed E-state index contributed by atoms with van der Waals surface area (Å²) in [6.07, 6.45) is 5.65. The van der Waals surface area contributed by atoms with Gasteiger partial charge in [-0.1, -0.05) is 24.3 Å². The van der Waals surface area contributed by atoms with Crippen LogP contribution in [-0.2, 0) is 4.74 Å². The van der Waals surface area contributed by atoms with Crippen LogP contribution >= 0.6 is 0 Å². The first-order valence-electron chi connectivity index (χ1n) is 8.22. The Morgan fingerprint density at radius 3 is 2.08 bits per heavy atom. The van der Waals surface area contributed by atoms with Crippen molar-refractivity contribution >= 4 is 6.21 Å². The molecule has 1 aliphatic rings. The first-order chi connectivity index (χ1) is 12.2. The summed E-state index contributed by atoms with van der Waals surface area (Å²) in [7, 11) is 0. The second kappa shape index (κ2) is 8.53. The lowest BCUT2D eigenvalue weighted by Gasteiger charge is -2.22. The average Bonchev–Trinajstić information content (AvgIpc) is 2.65. The lowest BCUT2D eigenvalue weighted by Crippen LogP contribution is -2.25. The van der Waals surface area contributed by atoms with Crippen LogP contribution in [0.5, 0.6) is 0 Å². The molecule has 0 saturated carbocycles. The number of hydrogen-bond acceptors (Lipinski definition) is 3. The van der Waals surface area contributed by atoms with Crippen molar-refractivity contribution in [3.05, 3.63) is 83.6 Å². The number of aliphatic imine (C=N–C) groups is 1. The van der Waals surface area contributed by atoms with E-state index < -0.39 is 0 Å². The molecule has 0 N–H and O–H groups in total. The number of ether oxygens (including phenoxy) is 1. The van der Waals surface area contributed by atoms with Crippen molar-refractivity contribution < 1.29 is 13.5 Å². The maximum atomic E-state index is 13.2. The van der Waals surface area contributed by atoms with Gasteiger partial charge in [-0.05, 0) is 41.5 Å². The van der Waals surface area contributed by atoms with E-state index in [-0.39, 0.29) is 17.6 Å². The predicted molar refractivity (Wildman–Crippen MR) is 94.7 cm³/mol. The van der Waals surface area contributed by atoms with Gasteiger partial charge in [0.2, 0.25) is 0 Å². The molecule has 0 saturated heterocycles. The van der Waals surface area contributed by atoms with E-state index in [0.717, 1.165) is 17.7 Å². The molecule has 2 aromatic rings. The molecule has 25 heavy (non-hydrogen) atoms. The van der Waals surface area contributed by atoms with E-state index in [1.54, 1.807) is 30.5 Å². The molecule has 5 heteroatoms. The molecule has 0 amide bonds. The summed E-state index contributed by atoms with van der Waals surface area (Å²) in [5, 5.41) is 0. The molecular formula is C20H20F2N2O.